The van der Waals surface area contributed by atoms with E-state index in [1.807, 2.05) is 0 Å². The SMILES string of the molecule is CCOC(=O)[C@]1(C)C(=O)O[C@H](c2ccc(Cl)cc2)C(C)(C)C1=O. The second-order valence-corrected chi connectivity index (χ2v) is 6.67. The molecule has 2 atom stereocenters. The molecule has 1 aliphatic rings. The number of hydrogen-bond donors (Lipinski definition) is 0. The van der Waals surface area contributed by atoms with E-state index in [4.69, 9.17) is 21.1 Å². The first-order valence-electron chi connectivity index (χ1n) is 7.34. The Balaban J connectivity index is 2.44. The van der Waals surface area contributed by atoms with Crippen molar-refractivity contribution in [1.82, 2.24) is 0 Å². The second-order valence-electron chi connectivity index (χ2n) is 6.23. The van der Waals surface area contributed by atoms with Crippen LogP contribution in [0.2, 0.25) is 5.02 Å². The molecular weight excluding hydrogens is 320 g/mol. The highest BCUT2D eigenvalue weighted by atomic mass is 35.5. The molecule has 1 heterocycles. The molecule has 0 amide bonds. The lowest BCUT2D eigenvalue weighted by Crippen LogP contribution is -2.57. The van der Waals surface area contributed by atoms with Gasteiger partial charge in [-0.25, -0.2) is 0 Å². The zero-order valence-corrected chi connectivity index (χ0v) is 14.3. The Morgan fingerprint density at radius 3 is 2.30 bits per heavy atom. The molecule has 1 fully saturated rings. The Hall–Kier alpha value is -1.88. The highest BCUT2D eigenvalue weighted by molar-refractivity contribution is 6.30. The topological polar surface area (TPSA) is 69.7 Å². The average molecular weight is 339 g/mol. The van der Waals surface area contributed by atoms with Crippen molar-refractivity contribution in [3.05, 3.63) is 34.9 Å². The van der Waals surface area contributed by atoms with Gasteiger partial charge in [0.05, 0.1) is 12.0 Å². The number of carbonyl (C=O) groups excluding carboxylic acids is 3. The number of rotatable bonds is 3. The standard InChI is InChI=1S/C17H19ClO5/c1-5-22-14(20)17(4)13(19)16(2,3)12(23-15(17)21)10-6-8-11(18)9-7-10/h6-9,12H,5H2,1-4H3/t12-,17-/m1/s1. The van der Waals surface area contributed by atoms with E-state index in [0.717, 1.165) is 0 Å². The molecule has 1 aromatic carbocycles. The smallest absolute Gasteiger partial charge is 0.331 e. The highest BCUT2D eigenvalue weighted by Crippen LogP contribution is 2.48. The first-order chi connectivity index (χ1) is 10.7. The van der Waals surface area contributed by atoms with Crippen LogP contribution in [0.25, 0.3) is 0 Å². The zero-order chi connectivity index (χ0) is 17.4. The van der Waals surface area contributed by atoms with Crippen molar-refractivity contribution in [2.75, 3.05) is 6.61 Å². The van der Waals surface area contributed by atoms with E-state index in [-0.39, 0.29) is 6.61 Å². The number of ether oxygens (including phenoxy) is 2. The van der Waals surface area contributed by atoms with Crippen molar-refractivity contribution < 1.29 is 23.9 Å². The lowest BCUT2D eigenvalue weighted by Gasteiger charge is -2.43. The molecule has 0 unspecified atom stereocenters. The van der Waals surface area contributed by atoms with Crippen LogP contribution in [-0.4, -0.2) is 24.3 Å². The Kier molecular flexibility index (Phi) is 4.53. The predicted molar refractivity (Wildman–Crippen MR) is 83.8 cm³/mol. The third-order valence-corrected chi connectivity index (χ3v) is 4.44. The molecule has 0 aromatic heterocycles. The van der Waals surface area contributed by atoms with Gasteiger partial charge in [0.2, 0.25) is 5.41 Å². The summed E-state index contributed by atoms with van der Waals surface area (Å²) < 4.78 is 10.4. The summed E-state index contributed by atoms with van der Waals surface area (Å²) >= 11 is 5.86. The van der Waals surface area contributed by atoms with Crippen molar-refractivity contribution in [3.63, 3.8) is 0 Å². The van der Waals surface area contributed by atoms with E-state index in [0.29, 0.717) is 10.6 Å². The van der Waals surface area contributed by atoms with Gasteiger partial charge in [0, 0.05) is 5.02 Å². The van der Waals surface area contributed by atoms with Crippen molar-refractivity contribution in [1.29, 1.82) is 0 Å². The van der Waals surface area contributed by atoms with Crippen LogP contribution in [0.3, 0.4) is 0 Å². The van der Waals surface area contributed by atoms with Gasteiger partial charge in [0.15, 0.2) is 5.78 Å². The van der Waals surface area contributed by atoms with E-state index in [1.54, 1.807) is 45.0 Å². The van der Waals surface area contributed by atoms with Gasteiger partial charge < -0.3 is 9.47 Å². The summed E-state index contributed by atoms with van der Waals surface area (Å²) in [6.45, 7) is 6.25. The van der Waals surface area contributed by atoms with Gasteiger partial charge in [-0.15, -0.1) is 0 Å². The van der Waals surface area contributed by atoms with Gasteiger partial charge in [-0.1, -0.05) is 23.7 Å². The monoisotopic (exact) mass is 338 g/mol. The number of Topliss-reactive ketones (excluding diaryl/α,β-unsaturated/α-hetero) is 1. The van der Waals surface area contributed by atoms with Crippen LogP contribution < -0.4 is 0 Å². The van der Waals surface area contributed by atoms with Gasteiger partial charge in [0.25, 0.3) is 0 Å². The van der Waals surface area contributed by atoms with E-state index in [2.05, 4.69) is 0 Å². The summed E-state index contributed by atoms with van der Waals surface area (Å²) in [5, 5.41) is 0.538. The van der Waals surface area contributed by atoms with Crippen molar-refractivity contribution in [2.24, 2.45) is 10.8 Å². The van der Waals surface area contributed by atoms with Gasteiger partial charge in [-0.05, 0) is 45.4 Å². The van der Waals surface area contributed by atoms with Crippen LogP contribution in [0.1, 0.15) is 39.4 Å². The molecule has 0 aliphatic carbocycles. The lowest BCUT2D eigenvalue weighted by molar-refractivity contribution is -0.195. The summed E-state index contributed by atoms with van der Waals surface area (Å²) in [6, 6.07) is 6.71. The molecule has 124 valence electrons. The molecule has 1 aromatic rings. The molecule has 1 saturated heterocycles. The molecule has 1 aliphatic heterocycles. The van der Waals surface area contributed by atoms with Crippen LogP contribution in [0, 0.1) is 10.8 Å². The molecule has 0 N–H and O–H groups in total. The molecule has 0 spiro atoms. The largest absolute Gasteiger partial charge is 0.465 e. The minimum atomic E-state index is -1.94. The minimum Gasteiger partial charge on any atom is -0.465 e. The average Bonchev–Trinajstić information content (AvgIpc) is 2.50. The number of esters is 2. The molecule has 6 heteroatoms. The number of hydrogen-bond acceptors (Lipinski definition) is 5. The predicted octanol–water partition coefficient (Wildman–Crippen LogP) is 3.10. The third kappa shape index (κ3) is 2.74. The van der Waals surface area contributed by atoms with Crippen LogP contribution in [0.5, 0.6) is 0 Å². The maximum absolute atomic E-state index is 12.9. The fraction of sp³-hybridized carbons (Fsp3) is 0.471. The molecule has 0 bridgehead atoms. The summed E-state index contributed by atoms with van der Waals surface area (Å²) in [6.07, 6.45) is -0.790. The molecule has 2 rings (SSSR count). The number of benzene rings is 1. The molecular formula is C17H19ClO5. The van der Waals surface area contributed by atoms with Gasteiger partial charge in [-0.2, -0.15) is 0 Å². The van der Waals surface area contributed by atoms with Crippen LogP contribution in [0.15, 0.2) is 24.3 Å². The molecule has 0 radical (unpaired) electrons. The maximum Gasteiger partial charge on any atom is 0.331 e. The second kappa shape index (κ2) is 5.96. The van der Waals surface area contributed by atoms with Gasteiger partial charge in [0.1, 0.15) is 6.10 Å². The maximum atomic E-state index is 12.9. The van der Waals surface area contributed by atoms with Gasteiger partial charge >= 0.3 is 11.9 Å². The Morgan fingerprint density at radius 1 is 1.22 bits per heavy atom. The Bertz CT molecular complexity index is 649. The highest BCUT2D eigenvalue weighted by Gasteiger charge is 2.62. The van der Waals surface area contributed by atoms with E-state index < -0.39 is 34.7 Å². The lowest BCUT2D eigenvalue weighted by atomic mass is 9.66. The fourth-order valence-electron chi connectivity index (χ4n) is 2.80. The number of cyclic esters (lactones) is 1. The normalized spacial score (nSPS) is 26.6. The minimum absolute atomic E-state index is 0.0794. The quantitative estimate of drug-likeness (QED) is 0.625. The van der Waals surface area contributed by atoms with E-state index in [9.17, 15) is 14.4 Å². The summed E-state index contributed by atoms with van der Waals surface area (Å²) in [5.74, 6) is -2.28. The van der Waals surface area contributed by atoms with Crippen molar-refractivity contribution in [3.8, 4) is 0 Å². The Labute approximate surface area is 139 Å². The van der Waals surface area contributed by atoms with E-state index in [1.165, 1.54) is 6.92 Å². The van der Waals surface area contributed by atoms with Crippen LogP contribution in [-0.2, 0) is 23.9 Å². The fourth-order valence-corrected chi connectivity index (χ4v) is 2.93. The molecule has 23 heavy (non-hydrogen) atoms. The van der Waals surface area contributed by atoms with Crippen molar-refractivity contribution >= 4 is 29.3 Å². The Morgan fingerprint density at radius 2 is 1.78 bits per heavy atom. The summed E-state index contributed by atoms with van der Waals surface area (Å²) in [7, 11) is 0. The van der Waals surface area contributed by atoms with E-state index >= 15 is 0 Å². The zero-order valence-electron chi connectivity index (χ0n) is 13.5. The molecule has 0 saturated carbocycles. The van der Waals surface area contributed by atoms with Gasteiger partial charge in [-0.3, -0.25) is 14.4 Å². The first-order valence-corrected chi connectivity index (χ1v) is 7.72. The number of carbonyl (C=O) groups is 3. The molecule has 5 nitrogen and oxygen atoms in total. The third-order valence-electron chi connectivity index (χ3n) is 4.18. The van der Waals surface area contributed by atoms with Crippen LogP contribution >= 0.6 is 11.6 Å². The number of halogens is 1. The van der Waals surface area contributed by atoms with Crippen molar-refractivity contribution in [2.45, 2.75) is 33.8 Å². The summed E-state index contributed by atoms with van der Waals surface area (Å²) in [4.78, 5) is 37.5. The number of ketones is 1. The van der Waals surface area contributed by atoms with Crippen LogP contribution in [0.4, 0.5) is 0 Å². The first kappa shape index (κ1) is 17.5. The summed E-state index contributed by atoms with van der Waals surface area (Å²) in [5.41, 5.74) is -2.38.